The van der Waals surface area contributed by atoms with Crippen LogP contribution in [0, 0.1) is 18.5 Å². The highest BCUT2D eigenvalue weighted by atomic mass is 32.1. The molecular formula is C10H12N4S. The van der Waals surface area contributed by atoms with Gasteiger partial charge in [0.2, 0.25) is 0 Å². The first-order valence-electron chi connectivity index (χ1n) is 4.65. The molecule has 2 aromatic heterocycles. The number of aryl methyl sites for hydroxylation is 2. The van der Waals surface area contributed by atoms with Gasteiger partial charge in [-0.2, -0.15) is 5.10 Å². The summed E-state index contributed by atoms with van der Waals surface area (Å²) in [5, 5.41) is 4.27. The monoisotopic (exact) mass is 220 g/mol. The fourth-order valence-electron chi connectivity index (χ4n) is 1.31. The standard InChI is InChI=1S/C10H12N4S/c1-6-7(2)11-9(12-10(6)15)8-4-5-14(3)13-8/h4-5H,1-3H3,(H,11,12,15). The van der Waals surface area contributed by atoms with E-state index in [4.69, 9.17) is 12.2 Å². The van der Waals surface area contributed by atoms with Gasteiger partial charge in [0.05, 0.1) is 0 Å². The topological polar surface area (TPSA) is 46.5 Å². The Labute approximate surface area is 93.0 Å². The van der Waals surface area contributed by atoms with Crippen LogP contribution in [0.4, 0.5) is 0 Å². The molecule has 0 aliphatic rings. The normalized spacial score (nSPS) is 10.6. The number of nitrogens with one attached hydrogen (secondary N) is 1. The SMILES string of the molecule is Cc1[nH]c(-c2ccn(C)n2)nc(=S)c1C. The molecule has 78 valence electrons. The van der Waals surface area contributed by atoms with Crippen molar-refractivity contribution in [2.45, 2.75) is 13.8 Å². The van der Waals surface area contributed by atoms with E-state index >= 15 is 0 Å². The smallest absolute Gasteiger partial charge is 0.159 e. The molecule has 0 spiro atoms. The second-order valence-corrected chi connectivity index (χ2v) is 3.90. The van der Waals surface area contributed by atoms with Gasteiger partial charge in [0.25, 0.3) is 0 Å². The summed E-state index contributed by atoms with van der Waals surface area (Å²) >= 11 is 5.17. The molecular weight excluding hydrogens is 208 g/mol. The lowest BCUT2D eigenvalue weighted by atomic mass is 10.2. The first-order valence-corrected chi connectivity index (χ1v) is 5.06. The Bertz CT molecular complexity index is 553. The van der Waals surface area contributed by atoms with E-state index in [1.54, 1.807) is 4.68 Å². The highest BCUT2D eigenvalue weighted by molar-refractivity contribution is 7.71. The van der Waals surface area contributed by atoms with Crippen LogP contribution in [-0.4, -0.2) is 19.7 Å². The van der Waals surface area contributed by atoms with Crippen molar-refractivity contribution in [3.63, 3.8) is 0 Å². The van der Waals surface area contributed by atoms with Crippen molar-refractivity contribution in [2.75, 3.05) is 0 Å². The predicted molar refractivity (Wildman–Crippen MR) is 61.1 cm³/mol. The van der Waals surface area contributed by atoms with Crippen molar-refractivity contribution in [3.8, 4) is 11.5 Å². The van der Waals surface area contributed by atoms with Crippen molar-refractivity contribution in [2.24, 2.45) is 7.05 Å². The van der Waals surface area contributed by atoms with Crippen LogP contribution in [-0.2, 0) is 7.05 Å². The fraction of sp³-hybridized carbons (Fsp3) is 0.300. The molecule has 2 aromatic rings. The van der Waals surface area contributed by atoms with E-state index in [0.717, 1.165) is 22.8 Å². The van der Waals surface area contributed by atoms with Gasteiger partial charge in [0.1, 0.15) is 10.3 Å². The molecule has 1 N–H and O–H groups in total. The highest BCUT2D eigenvalue weighted by Crippen LogP contribution is 2.14. The molecule has 2 heterocycles. The summed E-state index contributed by atoms with van der Waals surface area (Å²) in [6, 6.07) is 1.91. The van der Waals surface area contributed by atoms with Crippen LogP contribution in [0.15, 0.2) is 12.3 Å². The molecule has 5 heteroatoms. The minimum Gasteiger partial charge on any atom is -0.342 e. The molecule has 0 atom stereocenters. The first kappa shape index (κ1) is 10.0. The average molecular weight is 220 g/mol. The number of H-pyrrole nitrogens is 1. The van der Waals surface area contributed by atoms with Crippen LogP contribution in [0.3, 0.4) is 0 Å². The summed E-state index contributed by atoms with van der Waals surface area (Å²) in [7, 11) is 1.87. The summed E-state index contributed by atoms with van der Waals surface area (Å²) in [4.78, 5) is 7.49. The van der Waals surface area contributed by atoms with Crippen LogP contribution in [0.2, 0.25) is 0 Å². The third-order valence-corrected chi connectivity index (χ3v) is 2.76. The molecule has 0 amide bonds. The molecule has 15 heavy (non-hydrogen) atoms. The van der Waals surface area contributed by atoms with Crippen molar-refractivity contribution in [3.05, 3.63) is 28.2 Å². The minimum atomic E-state index is 0.631. The zero-order chi connectivity index (χ0) is 11.0. The molecule has 2 rings (SSSR count). The van der Waals surface area contributed by atoms with E-state index in [-0.39, 0.29) is 0 Å². The van der Waals surface area contributed by atoms with Crippen molar-refractivity contribution in [1.29, 1.82) is 0 Å². The van der Waals surface area contributed by atoms with Crippen LogP contribution in [0.5, 0.6) is 0 Å². The number of aromatic nitrogens is 4. The third-order valence-electron chi connectivity index (χ3n) is 2.36. The Morgan fingerprint density at radius 2 is 2.13 bits per heavy atom. The van der Waals surface area contributed by atoms with E-state index in [2.05, 4.69) is 15.1 Å². The van der Waals surface area contributed by atoms with Gasteiger partial charge in [-0.15, -0.1) is 0 Å². The van der Waals surface area contributed by atoms with Gasteiger partial charge in [0, 0.05) is 24.5 Å². The molecule has 4 nitrogen and oxygen atoms in total. The second kappa shape index (κ2) is 3.58. The minimum absolute atomic E-state index is 0.631. The van der Waals surface area contributed by atoms with E-state index < -0.39 is 0 Å². The maximum absolute atomic E-state index is 5.17. The average Bonchev–Trinajstić information content (AvgIpc) is 2.60. The predicted octanol–water partition coefficient (Wildman–Crippen LogP) is 2.16. The Kier molecular flexibility index (Phi) is 2.40. The molecule has 0 unspecified atom stereocenters. The molecule has 0 aliphatic carbocycles. The van der Waals surface area contributed by atoms with E-state index in [9.17, 15) is 0 Å². The van der Waals surface area contributed by atoms with Gasteiger partial charge in [0.15, 0.2) is 5.82 Å². The highest BCUT2D eigenvalue weighted by Gasteiger charge is 2.05. The summed E-state index contributed by atoms with van der Waals surface area (Å²) in [6.07, 6.45) is 1.88. The van der Waals surface area contributed by atoms with Gasteiger partial charge >= 0.3 is 0 Å². The molecule has 0 bridgehead atoms. The lowest BCUT2D eigenvalue weighted by Crippen LogP contribution is -1.97. The lowest BCUT2D eigenvalue weighted by Gasteiger charge is -2.03. The van der Waals surface area contributed by atoms with Gasteiger partial charge in [-0.3, -0.25) is 4.68 Å². The fourth-order valence-corrected chi connectivity index (χ4v) is 1.55. The van der Waals surface area contributed by atoms with Gasteiger partial charge < -0.3 is 4.98 Å². The van der Waals surface area contributed by atoms with Crippen LogP contribution < -0.4 is 0 Å². The van der Waals surface area contributed by atoms with Crippen LogP contribution in [0.1, 0.15) is 11.3 Å². The van der Waals surface area contributed by atoms with Crippen LogP contribution in [0.25, 0.3) is 11.5 Å². The number of nitrogens with zero attached hydrogens (tertiary/aromatic N) is 3. The molecule has 0 saturated heterocycles. The van der Waals surface area contributed by atoms with Gasteiger partial charge in [-0.05, 0) is 19.9 Å². The van der Waals surface area contributed by atoms with Gasteiger partial charge in [-0.25, -0.2) is 4.98 Å². The molecule has 0 saturated carbocycles. The Balaban J connectivity index is 2.60. The Morgan fingerprint density at radius 1 is 1.40 bits per heavy atom. The Morgan fingerprint density at radius 3 is 2.67 bits per heavy atom. The largest absolute Gasteiger partial charge is 0.342 e. The number of aromatic amines is 1. The maximum Gasteiger partial charge on any atom is 0.159 e. The lowest BCUT2D eigenvalue weighted by molar-refractivity contribution is 0.768. The van der Waals surface area contributed by atoms with Crippen molar-refractivity contribution < 1.29 is 0 Å². The zero-order valence-corrected chi connectivity index (χ0v) is 9.72. The zero-order valence-electron chi connectivity index (χ0n) is 8.90. The summed E-state index contributed by atoms with van der Waals surface area (Å²) in [5.41, 5.74) is 2.87. The number of hydrogen-bond acceptors (Lipinski definition) is 3. The number of hydrogen-bond donors (Lipinski definition) is 1. The first-order chi connectivity index (χ1) is 7.08. The van der Waals surface area contributed by atoms with E-state index in [1.165, 1.54) is 0 Å². The molecule has 0 aromatic carbocycles. The second-order valence-electron chi connectivity index (χ2n) is 3.52. The van der Waals surface area contributed by atoms with Crippen molar-refractivity contribution >= 4 is 12.2 Å². The summed E-state index contributed by atoms with van der Waals surface area (Å²) in [5.74, 6) is 0.726. The summed E-state index contributed by atoms with van der Waals surface area (Å²) in [6.45, 7) is 3.95. The third kappa shape index (κ3) is 1.83. The maximum atomic E-state index is 5.17. The van der Waals surface area contributed by atoms with Gasteiger partial charge in [-0.1, -0.05) is 12.2 Å². The van der Waals surface area contributed by atoms with E-state index in [1.807, 2.05) is 33.2 Å². The number of rotatable bonds is 1. The summed E-state index contributed by atoms with van der Waals surface area (Å²) < 4.78 is 2.37. The Hall–Kier alpha value is -1.49. The van der Waals surface area contributed by atoms with E-state index in [0.29, 0.717) is 4.64 Å². The quantitative estimate of drug-likeness (QED) is 0.749. The molecule has 0 radical (unpaired) electrons. The molecule has 0 aliphatic heterocycles. The van der Waals surface area contributed by atoms with Crippen molar-refractivity contribution in [1.82, 2.24) is 19.7 Å². The molecule has 0 fully saturated rings. The van der Waals surface area contributed by atoms with Crippen LogP contribution >= 0.6 is 12.2 Å².